The Labute approximate surface area is 107 Å². The Morgan fingerprint density at radius 2 is 2.24 bits per heavy atom. The second-order valence-electron chi connectivity index (χ2n) is 3.63. The lowest BCUT2D eigenvalue weighted by Gasteiger charge is -2.14. The van der Waals surface area contributed by atoms with Gasteiger partial charge in [0, 0.05) is 25.8 Å². The monoisotopic (exact) mass is 259 g/mol. The van der Waals surface area contributed by atoms with Crippen molar-refractivity contribution in [2.75, 3.05) is 25.6 Å². The molecule has 5 nitrogen and oxygen atoms in total. The van der Waals surface area contributed by atoms with E-state index in [-0.39, 0.29) is 6.04 Å². The minimum absolute atomic E-state index is 0.163. The van der Waals surface area contributed by atoms with E-state index in [0.29, 0.717) is 36.6 Å². The number of rotatable bonds is 7. The predicted octanol–water partition coefficient (Wildman–Crippen LogP) is 2.11. The van der Waals surface area contributed by atoms with Crippen molar-refractivity contribution in [1.29, 1.82) is 0 Å². The molecule has 1 rings (SSSR count). The quantitative estimate of drug-likeness (QED) is 0.760. The molecule has 6 heteroatoms. The van der Waals surface area contributed by atoms with Crippen molar-refractivity contribution in [2.24, 2.45) is 0 Å². The Kier molecular flexibility index (Phi) is 6.18. The van der Waals surface area contributed by atoms with Crippen LogP contribution in [0, 0.1) is 0 Å². The number of hydrogen-bond donors (Lipinski definition) is 1. The summed E-state index contributed by atoms with van der Waals surface area (Å²) in [5, 5.41) is 3.60. The third kappa shape index (κ3) is 5.30. The number of nitrogens with one attached hydrogen (secondary N) is 1. The molecule has 1 aromatic rings. The molecule has 0 radical (unpaired) electrons. The largest absolute Gasteiger partial charge is 0.380 e. The molecular weight excluding hydrogens is 242 g/mol. The molecule has 1 aromatic heterocycles. The molecule has 1 atom stereocenters. The molecule has 17 heavy (non-hydrogen) atoms. The van der Waals surface area contributed by atoms with Gasteiger partial charge in [-0.2, -0.15) is 0 Å². The van der Waals surface area contributed by atoms with Crippen LogP contribution in [0.15, 0.2) is 6.07 Å². The van der Waals surface area contributed by atoms with E-state index in [1.807, 2.05) is 13.8 Å². The highest BCUT2D eigenvalue weighted by atomic mass is 35.5. The molecule has 0 saturated heterocycles. The number of ether oxygens (including phenoxy) is 2. The van der Waals surface area contributed by atoms with Crippen LogP contribution < -0.4 is 5.32 Å². The van der Waals surface area contributed by atoms with Crippen LogP contribution in [0.1, 0.15) is 19.7 Å². The normalized spacial score (nSPS) is 12.5. The summed E-state index contributed by atoms with van der Waals surface area (Å²) in [6, 6.07) is 1.85. The van der Waals surface area contributed by atoms with Crippen LogP contribution in [-0.2, 0) is 16.1 Å². The van der Waals surface area contributed by atoms with Gasteiger partial charge in [-0.1, -0.05) is 11.6 Å². The maximum absolute atomic E-state index is 5.90. The Morgan fingerprint density at radius 3 is 2.88 bits per heavy atom. The van der Waals surface area contributed by atoms with Gasteiger partial charge in [0.25, 0.3) is 0 Å². The van der Waals surface area contributed by atoms with Crippen molar-refractivity contribution in [3.8, 4) is 0 Å². The van der Waals surface area contributed by atoms with Crippen LogP contribution in [0.3, 0.4) is 0 Å². The summed E-state index contributed by atoms with van der Waals surface area (Å²) in [6.07, 6.45) is 0. The van der Waals surface area contributed by atoms with Crippen LogP contribution in [0.5, 0.6) is 0 Å². The highest BCUT2D eigenvalue weighted by molar-refractivity contribution is 6.29. The van der Waals surface area contributed by atoms with Crippen molar-refractivity contribution in [3.63, 3.8) is 0 Å². The molecule has 1 heterocycles. The minimum Gasteiger partial charge on any atom is -0.380 e. The van der Waals surface area contributed by atoms with Gasteiger partial charge in [0.1, 0.15) is 17.6 Å². The van der Waals surface area contributed by atoms with Gasteiger partial charge in [-0.3, -0.25) is 0 Å². The van der Waals surface area contributed by atoms with Gasteiger partial charge < -0.3 is 14.8 Å². The van der Waals surface area contributed by atoms with Crippen molar-refractivity contribution < 1.29 is 9.47 Å². The lowest BCUT2D eigenvalue weighted by Crippen LogP contribution is -2.22. The van der Waals surface area contributed by atoms with Gasteiger partial charge in [0.15, 0.2) is 5.82 Å². The van der Waals surface area contributed by atoms with E-state index in [4.69, 9.17) is 21.1 Å². The van der Waals surface area contributed by atoms with E-state index < -0.39 is 0 Å². The van der Waals surface area contributed by atoms with E-state index in [2.05, 4.69) is 15.3 Å². The van der Waals surface area contributed by atoms with Gasteiger partial charge in [-0.15, -0.1) is 0 Å². The van der Waals surface area contributed by atoms with Crippen LogP contribution in [0.4, 0.5) is 5.82 Å². The predicted molar refractivity (Wildman–Crippen MR) is 67.3 cm³/mol. The SMILES string of the molecule is CCOCC(C)Nc1cc(Cl)nc(COC)n1. The molecule has 0 saturated carbocycles. The number of halogens is 1. The van der Waals surface area contributed by atoms with Crippen molar-refractivity contribution in [2.45, 2.75) is 26.5 Å². The zero-order valence-corrected chi connectivity index (χ0v) is 11.1. The Balaban J connectivity index is 2.63. The van der Waals surface area contributed by atoms with Gasteiger partial charge in [-0.25, -0.2) is 9.97 Å². The number of anilines is 1. The lowest BCUT2D eigenvalue weighted by atomic mass is 10.3. The molecular formula is C11H18ClN3O2. The molecule has 0 spiro atoms. The molecule has 0 amide bonds. The highest BCUT2D eigenvalue weighted by Crippen LogP contribution is 2.13. The summed E-state index contributed by atoms with van der Waals surface area (Å²) in [5.74, 6) is 1.25. The fraction of sp³-hybridized carbons (Fsp3) is 0.636. The zero-order valence-electron chi connectivity index (χ0n) is 10.4. The second-order valence-corrected chi connectivity index (χ2v) is 4.02. The van der Waals surface area contributed by atoms with E-state index >= 15 is 0 Å². The number of aromatic nitrogens is 2. The van der Waals surface area contributed by atoms with Crippen LogP contribution in [0.25, 0.3) is 0 Å². The molecule has 0 aliphatic rings. The van der Waals surface area contributed by atoms with E-state index in [9.17, 15) is 0 Å². The lowest BCUT2D eigenvalue weighted by molar-refractivity contribution is 0.141. The van der Waals surface area contributed by atoms with E-state index in [1.165, 1.54) is 0 Å². The smallest absolute Gasteiger partial charge is 0.158 e. The third-order valence-corrected chi connectivity index (χ3v) is 2.17. The minimum atomic E-state index is 0.163. The molecule has 0 aliphatic carbocycles. The first-order valence-electron chi connectivity index (χ1n) is 5.52. The van der Waals surface area contributed by atoms with E-state index in [1.54, 1.807) is 13.2 Å². The highest BCUT2D eigenvalue weighted by Gasteiger charge is 2.06. The summed E-state index contributed by atoms with van der Waals surface area (Å²) in [7, 11) is 1.59. The van der Waals surface area contributed by atoms with Crippen molar-refractivity contribution in [1.82, 2.24) is 9.97 Å². The molecule has 96 valence electrons. The first-order valence-corrected chi connectivity index (χ1v) is 5.90. The summed E-state index contributed by atoms with van der Waals surface area (Å²) in [5.41, 5.74) is 0. The molecule has 0 fully saturated rings. The topological polar surface area (TPSA) is 56.3 Å². The number of nitrogens with zero attached hydrogens (tertiary/aromatic N) is 2. The zero-order chi connectivity index (χ0) is 12.7. The molecule has 0 aromatic carbocycles. The average Bonchev–Trinajstić information content (AvgIpc) is 2.26. The van der Waals surface area contributed by atoms with Gasteiger partial charge in [0.2, 0.25) is 0 Å². The molecule has 1 unspecified atom stereocenters. The summed E-state index contributed by atoms with van der Waals surface area (Å²) < 4.78 is 10.3. The van der Waals surface area contributed by atoms with E-state index in [0.717, 1.165) is 0 Å². The Morgan fingerprint density at radius 1 is 1.47 bits per heavy atom. The summed E-state index contributed by atoms with van der Waals surface area (Å²) >= 11 is 5.90. The van der Waals surface area contributed by atoms with Gasteiger partial charge >= 0.3 is 0 Å². The van der Waals surface area contributed by atoms with Gasteiger partial charge in [-0.05, 0) is 13.8 Å². The fourth-order valence-electron chi connectivity index (χ4n) is 1.32. The van der Waals surface area contributed by atoms with Crippen LogP contribution >= 0.6 is 11.6 Å². The Bertz CT molecular complexity index is 349. The molecule has 1 N–H and O–H groups in total. The summed E-state index contributed by atoms with van der Waals surface area (Å²) in [6.45, 7) is 5.64. The first kappa shape index (κ1) is 14.2. The van der Waals surface area contributed by atoms with Crippen molar-refractivity contribution in [3.05, 3.63) is 17.0 Å². The standard InChI is InChI=1S/C11H18ClN3O2/c1-4-17-6-8(2)13-10-5-9(12)14-11(15-10)7-16-3/h5,8H,4,6-7H2,1-3H3,(H,13,14,15). The average molecular weight is 260 g/mol. The van der Waals surface area contributed by atoms with Crippen LogP contribution in [-0.4, -0.2) is 36.3 Å². The number of hydrogen-bond acceptors (Lipinski definition) is 5. The molecule has 0 aliphatic heterocycles. The molecule has 0 bridgehead atoms. The summed E-state index contributed by atoms with van der Waals surface area (Å²) in [4.78, 5) is 8.34. The third-order valence-electron chi connectivity index (χ3n) is 1.98. The van der Waals surface area contributed by atoms with Crippen molar-refractivity contribution >= 4 is 17.4 Å². The fourth-order valence-corrected chi connectivity index (χ4v) is 1.52. The Hall–Kier alpha value is -0.910. The maximum atomic E-state index is 5.90. The van der Waals surface area contributed by atoms with Gasteiger partial charge in [0.05, 0.1) is 6.61 Å². The number of methoxy groups -OCH3 is 1. The maximum Gasteiger partial charge on any atom is 0.158 e. The first-order chi connectivity index (χ1) is 8.15. The second kappa shape index (κ2) is 7.42. The van der Waals surface area contributed by atoms with Crippen LogP contribution in [0.2, 0.25) is 5.15 Å².